The molecule has 3 unspecified atom stereocenters. The van der Waals surface area contributed by atoms with Gasteiger partial charge in [0.05, 0.1) is 59.7 Å². The van der Waals surface area contributed by atoms with Crippen LogP contribution in [0.1, 0.15) is 78.4 Å². The van der Waals surface area contributed by atoms with E-state index in [1.807, 2.05) is 29.7 Å². The summed E-state index contributed by atoms with van der Waals surface area (Å²) in [5, 5.41) is 31.1. The van der Waals surface area contributed by atoms with Crippen molar-refractivity contribution >= 4 is 22.8 Å². The lowest BCUT2D eigenvalue weighted by molar-refractivity contribution is -0.156. The van der Waals surface area contributed by atoms with Crippen molar-refractivity contribution < 1.29 is 34.4 Å². The number of aliphatic hydroxyl groups excluding tert-OH is 3. The van der Waals surface area contributed by atoms with E-state index in [1.54, 1.807) is 27.1 Å². The second-order valence-electron chi connectivity index (χ2n) is 12.0. The summed E-state index contributed by atoms with van der Waals surface area (Å²) in [6.45, 7) is 9.35. The van der Waals surface area contributed by atoms with E-state index in [4.69, 9.17) is 9.47 Å². The van der Waals surface area contributed by atoms with Gasteiger partial charge < -0.3 is 29.4 Å². The molecule has 7 atom stereocenters. The highest BCUT2D eigenvalue weighted by Crippen LogP contribution is 2.46. The minimum atomic E-state index is -1.26. The number of epoxide rings is 1. The number of Topliss-reactive ketones (excluding diaryl/α,β-unsaturated/α-hetero) is 1. The molecule has 0 saturated carbocycles. The van der Waals surface area contributed by atoms with Gasteiger partial charge in [-0.25, -0.2) is 4.98 Å². The normalized spacial score (nSPS) is 35.1. The molecule has 3 heterocycles. The minimum absolute atomic E-state index is 0.00272. The van der Waals surface area contributed by atoms with Crippen molar-refractivity contribution in [3.05, 3.63) is 30.1 Å². The first-order valence-electron chi connectivity index (χ1n) is 13.7. The van der Waals surface area contributed by atoms with Crippen LogP contribution < -0.4 is 0 Å². The van der Waals surface area contributed by atoms with Crippen LogP contribution in [0.3, 0.4) is 0 Å². The summed E-state index contributed by atoms with van der Waals surface area (Å²) in [5.74, 6) is -1.65. The van der Waals surface area contributed by atoms with E-state index in [1.165, 1.54) is 0 Å². The fourth-order valence-electron chi connectivity index (χ4n) is 5.79. The second kappa shape index (κ2) is 11.0. The molecule has 2 aromatic rings. The van der Waals surface area contributed by atoms with Crippen LogP contribution in [0.25, 0.3) is 11.0 Å². The molecule has 0 radical (unpaired) electrons. The van der Waals surface area contributed by atoms with Gasteiger partial charge in [-0.05, 0) is 43.4 Å². The number of cyclic esters (lactones) is 1. The molecule has 3 N–H and O–H groups in total. The Hall–Kier alpha value is -2.33. The Morgan fingerprint density at radius 1 is 1.16 bits per heavy atom. The fraction of sp³-hybridized carbons (Fsp3) is 0.690. The lowest BCUT2D eigenvalue weighted by Gasteiger charge is -2.34. The number of aliphatic hydroxyl groups is 3. The number of ether oxygens (including phenoxy) is 2. The third kappa shape index (κ3) is 5.81. The number of carbonyl (C=O) groups excluding carboxylic acids is 2. The summed E-state index contributed by atoms with van der Waals surface area (Å²) >= 11 is 0. The van der Waals surface area contributed by atoms with Gasteiger partial charge in [-0.1, -0.05) is 40.2 Å². The van der Waals surface area contributed by atoms with Crippen LogP contribution in [0.2, 0.25) is 0 Å². The average molecular weight is 531 g/mol. The molecular weight excluding hydrogens is 488 g/mol. The molecule has 0 spiro atoms. The molecule has 1 aromatic carbocycles. The first-order chi connectivity index (χ1) is 17.9. The Kier molecular flexibility index (Phi) is 8.33. The topological polar surface area (TPSA) is 134 Å². The van der Waals surface area contributed by atoms with Crippen molar-refractivity contribution in [2.45, 2.75) is 103 Å². The largest absolute Gasteiger partial charge is 0.457 e. The van der Waals surface area contributed by atoms with Gasteiger partial charge in [-0.15, -0.1) is 0 Å². The second-order valence-corrected chi connectivity index (χ2v) is 12.0. The van der Waals surface area contributed by atoms with Crippen molar-refractivity contribution in [3.63, 3.8) is 0 Å². The molecule has 0 bridgehead atoms. The van der Waals surface area contributed by atoms with Crippen LogP contribution in [-0.2, 0) is 25.6 Å². The van der Waals surface area contributed by atoms with Crippen molar-refractivity contribution in [3.8, 4) is 0 Å². The Labute approximate surface area is 224 Å². The third-order valence-corrected chi connectivity index (χ3v) is 8.76. The number of fused-ring (bicyclic) bond motifs is 2. The standard InChI is InChI=1S/C29H42N2O7/c1-17-7-6-10-29(5)24(38-29)14-22(19-8-9-21-20(13-19)30-16-31(21)11-12-32)37-25(34)15-23(33)28(3,4)27(36)18(2)26(17)35/h8-9,13,16-18,22-24,26,32-33,35H,6-7,10-12,14-15H2,1-5H3/t17?,18?,22-,23?,24-,26-,29+/m0/s1. The Morgan fingerprint density at radius 3 is 2.61 bits per heavy atom. The summed E-state index contributed by atoms with van der Waals surface area (Å²) in [6.07, 6.45) is 1.35. The fourth-order valence-corrected chi connectivity index (χ4v) is 5.79. The van der Waals surface area contributed by atoms with Crippen LogP contribution in [0.4, 0.5) is 0 Å². The number of hydrogen-bond acceptors (Lipinski definition) is 8. The molecule has 2 aliphatic heterocycles. The summed E-state index contributed by atoms with van der Waals surface area (Å²) in [5.41, 5.74) is 0.793. The van der Waals surface area contributed by atoms with Crippen molar-refractivity contribution in [2.24, 2.45) is 17.3 Å². The molecular formula is C29H42N2O7. The molecule has 9 nitrogen and oxygen atoms in total. The number of ketones is 1. The van der Waals surface area contributed by atoms with Crippen LogP contribution in [0.15, 0.2) is 24.5 Å². The highest BCUT2D eigenvalue weighted by Gasteiger charge is 2.53. The summed E-state index contributed by atoms with van der Waals surface area (Å²) in [4.78, 5) is 30.8. The SMILES string of the molecule is CC1CCC[C@@]2(C)O[C@H]2C[C@@H](c2ccc3c(c2)ncn3CCO)OC(=O)CC(O)C(C)(C)C(=O)C(C)[C@H]1O. The van der Waals surface area contributed by atoms with Gasteiger partial charge in [-0.2, -0.15) is 0 Å². The van der Waals surface area contributed by atoms with Gasteiger partial charge in [0.2, 0.25) is 0 Å². The lowest BCUT2D eigenvalue weighted by Crippen LogP contribution is -2.45. The maximum absolute atomic E-state index is 13.3. The van der Waals surface area contributed by atoms with Gasteiger partial charge in [0.15, 0.2) is 0 Å². The van der Waals surface area contributed by atoms with E-state index in [0.717, 1.165) is 35.9 Å². The highest BCUT2D eigenvalue weighted by atomic mass is 16.6. The predicted molar refractivity (Wildman–Crippen MR) is 141 cm³/mol. The maximum atomic E-state index is 13.3. The van der Waals surface area contributed by atoms with Crippen molar-refractivity contribution in [1.82, 2.24) is 9.55 Å². The van der Waals surface area contributed by atoms with Crippen molar-refractivity contribution in [2.75, 3.05) is 6.61 Å². The van der Waals surface area contributed by atoms with E-state index in [-0.39, 0.29) is 36.4 Å². The van der Waals surface area contributed by atoms with Crippen LogP contribution in [0.5, 0.6) is 0 Å². The first-order valence-corrected chi connectivity index (χ1v) is 13.7. The smallest absolute Gasteiger partial charge is 0.309 e. The average Bonchev–Trinajstić information content (AvgIpc) is 3.33. The Morgan fingerprint density at radius 2 is 1.89 bits per heavy atom. The zero-order valence-corrected chi connectivity index (χ0v) is 23.1. The number of esters is 1. The molecule has 210 valence electrons. The number of carbonyl (C=O) groups is 2. The molecule has 2 saturated heterocycles. The maximum Gasteiger partial charge on any atom is 0.309 e. The molecule has 4 rings (SSSR count). The molecule has 0 amide bonds. The number of hydrogen-bond donors (Lipinski definition) is 3. The van der Waals surface area contributed by atoms with E-state index < -0.39 is 35.6 Å². The highest BCUT2D eigenvalue weighted by molar-refractivity contribution is 5.88. The summed E-state index contributed by atoms with van der Waals surface area (Å²) < 4.78 is 13.9. The van der Waals surface area contributed by atoms with Gasteiger partial charge in [0, 0.05) is 18.9 Å². The quantitative estimate of drug-likeness (QED) is 0.406. The number of rotatable bonds is 3. The summed E-state index contributed by atoms with van der Waals surface area (Å²) in [6, 6.07) is 5.67. The predicted octanol–water partition coefficient (Wildman–Crippen LogP) is 3.32. The number of imidazole rings is 1. The van der Waals surface area contributed by atoms with E-state index in [2.05, 4.69) is 11.9 Å². The van der Waals surface area contributed by atoms with Crippen LogP contribution in [0, 0.1) is 17.3 Å². The molecule has 38 heavy (non-hydrogen) atoms. The van der Waals surface area contributed by atoms with E-state index >= 15 is 0 Å². The molecule has 2 fully saturated rings. The first kappa shape index (κ1) is 28.7. The van der Waals surface area contributed by atoms with Crippen LogP contribution in [-0.4, -0.2) is 67.1 Å². The number of aromatic nitrogens is 2. The molecule has 0 aliphatic carbocycles. The van der Waals surface area contributed by atoms with Gasteiger partial charge >= 0.3 is 5.97 Å². The van der Waals surface area contributed by atoms with E-state index in [9.17, 15) is 24.9 Å². The van der Waals surface area contributed by atoms with Crippen molar-refractivity contribution in [1.29, 1.82) is 0 Å². The van der Waals surface area contributed by atoms with Gasteiger partial charge in [0.25, 0.3) is 0 Å². The monoisotopic (exact) mass is 530 g/mol. The number of benzene rings is 1. The van der Waals surface area contributed by atoms with Crippen LogP contribution >= 0.6 is 0 Å². The zero-order chi connectivity index (χ0) is 27.8. The minimum Gasteiger partial charge on any atom is -0.457 e. The lowest BCUT2D eigenvalue weighted by atomic mass is 9.73. The van der Waals surface area contributed by atoms with Gasteiger partial charge in [-0.3, -0.25) is 9.59 Å². The van der Waals surface area contributed by atoms with Gasteiger partial charge in [0.1, 0.15) is 11.9 Å². The molecule has 1 aromatic heterocycles. The number of nitrogens with zero attached hydrogens (tertiary/aromatic N) is 2. The molecule has 2 aliphatic rings. The zero-order valence-electron chi connectivity index (χ0n) is 23.1. The third-order valence-electron chi connectivity index (χ3n) is 8.76. The summed E-state index contributed by atoms with van der Waals surface area (Å²) in [7, 11) is 0. The van der Waals surface area contributed by atoms with E-state index in [0.29, 0.717) is 13.0 Å². The molecule has 9 heteroatoms. The Balaban J connectivity index is 1.61. The Bertz CT molecular complexity index is 1160.